The molecule has 0 amide bonds. The summed E-state index contributed by atoms with van der Waals surface area (Å²) in [5.74, 6) is -0.586. The van der Waals surface area contributed by atoms with Crippen LogP contribution >= 0.6 is 0 Å². The maximum absolute atomic E-state index is 13.9. The van der Waals surface area contributed by atoms with Crippen LogP contribution in [0.4, 0.5) is 4.39 Å². The molecule has 3 aromatic rings. The maximum atomic E-state index is 13.9. The van der Waals surface area contributed by atoms with Crippen LogP contribution in [-0.2, 0) is 22.5 Å². The number of benzene rings is 3. The zero-order chi connectivity index (χ0) is 22.0. The molecule has 1 atom stereocenters. The second kappa shape index (κ2) is 8.46. The van der Waals surface area contributed by atoms with Gasteiger partial charge in [0.1, 0.15) is 11.4 Å². The molecule has 0 saturated heterocycles. The van der Waals surface area contributed by atoms with Crippen molar-refractivity contribution in [3.63, 3.8) is 0 Å². The minimum atomic E-state index is -0.607. The van der Waals surface area contributed by atoms with Crippen molar-refractivity contribution in [1.29, 1.82) is 0 Å². The van der Waals surface area contributed by atoms with Gasteiger partial charge in [-0.05, 0) is 68.8 Å². The lowest BCUT2D eigenvalue weighted by molar-refractivity contribution is -0.573. The monoisotopic (exact) mass is 416 g/mol. The van der Waals surface area contributed by atoms with E-state index in [0.717, 1.165) is 28.0 Å². The summed E-state index contributed by atoms with van der Waals surface area (Å²) in [6.07, 6.45) is 0.394. The lowest BCUT2D eigenvalue weighted by Gasteiger charge is -2.27. The molecule has 0 saturated carbocycles. The van der Waals surface area contributed by atoms with Gasteiger partial charge in [0.2, 0.25) is 5.71 Å². The SMILES string of the molecule is CC(C)(C)OC(=O)[C@@H]1Cc2cc(F)ccc2C[N+]1=C(c1ccccc1)c1ccccc1. The van der Waals surface area contributed by atoms with Gasteiger partial charge in [0.25, 0.3) is 6.04 Å². The van der Waals surface area contributed by atoms with Crippen LogP contribution in [0.1, 0.15) is 43.0 Å². The van der Waals surface area contributed by atoms with Gasteiger partial charge in [0, 0.05) is 23.1 Å². The topological polar surface area (TPSA) is 29.3 Å². The Kier molecular flexibility index (Phi) is 5.73. The Morgan fingerprint density at radius 1 is 0.903 bits per heavy atom. The lowest BCUT2D eigenvalue weighted by Crippen LogP contribution is -2.46. The molecule has 0 unspecified atom stereocenters. The third kappa shape index (κ3) is 4.74. The molecule has 0 radical (unpaired) electrons. The van der Waals surface area contributed by atoms with E-state index >= 15 is 0 Å². The van der Waals surface area contributed by atoms with Gasteiger partial charge in [-0.2, -0.15) is 0 Å². The molecular weight excluding hydrogens is 389 g/mol. The van der Waals surface area contributed by atoms with Crippen LogP contribution in [0, 0.1) is 5.82 Å². The number of carbonyl (C=O) groups excluding carboxylic acids is 1. The van der Waals surface area contributed by atoms with E-state index in [0.29, 0.717) is 13.0 Å². The molecule has 4 rings (SSSR count). The van der Waals surface area contributed by atoms with Crippen LogP contribution in [0.3, 0.4) is 0 Å². The predicted molar refractivity (Wildman–Crippen MR) is 120 cm³/mol. The molecule has 1 aliphatic rings. The van der Waals surface area contributed by atoms with E-state index in [9.17, 15) is 9.18 Å². The summed E-state index contributed by atoms with van der Waals surface area (Å²) < 4.78 is 21.8. The van der Waals surface area contributed by atoms with E-state index in [4.69, 9.17) is 4.74 Å². The van der Waals surface area contributed by atoms with Crippen molar-refractivity contribution in [1.82, 2.24) is 0 Å². The molecule has 0 spiro atoms. The molecular formula is C27H27FNO2+. The zero-order valence-corrected chi connectivity index (χ0v) is 18.1. The molecule has 0 aliphatic carbocycles. The first-order chi connectivity index (χ1) is 14.8. The number of fused-ring (bicyclic) bond motifs is 1. The van der Waals surface area contributed by atoms with Crippen LogP contribution < -0.4 is 0 Å². The highest BCUT2D eigenvalue weighted by molar-refractivity contribution is 6.10. The number of hydrogen-bond donors (Lipinski definition) is 0. The maximum Gasteiger partial charge on any atom is 0.376 e. The molecule has 158 valence electrons. The largest absolute Gasteiger partial charge is 0.455 e. The second-order valence-electron chi connectivity index (χ2n) is 8.87. The highest BCUT2D eigenvalue weighted by atomic mass is 19.1. The first-order valence-electron chi connectivity index (χ1n) is 10.6. The summed E-state index contributed by atoms with van der Waals surface area (Å²) in [6, 6.07) is 24.4. The van der Waals surface area contributed by atoms with E-state index in [-0.39, 0.29) is 11.8 Å². The summed E-state index contributed by atoms with van der Waals surface area (Å²) in [5, 5.41) is 0. The van der Waals surface area contributed by atoms with Gasteiger partial charge in [0.15, 0.2) is 6.54 Å². The number of ether oxygens (including phenoxy) is 1. The number of hydrogen-bond acceptors (Lipinski definition) is 2. The predicted octanol–water partition coefficient (Wildman–Crippen LogP) is 5.14. The molecule has 1 heterocycles. The fraction of sp³-hybridized carbons (Fsp3) is 0.259. The molecule has 4 heteroatoms. The number of nitrogens with zero attached hydrogens (tertiary/aromatic N) is 1. The van der Waals surface area contributed by atoms with E-state index < -0.39 is 11.6 Å². The Bertz CT molecular complexity index is 1070. The highest BCUT2D eigenvalue weighted by Crippen LogP contribution is 2.26. The summed E-state index contributed by atoms with van der Waals surface area (Å²) in [6.45, 7) is 6.10. The van der Waals surface area contributed by atoms with E-state index in [1.165, 1.54) is 12.1 Å². The number of esters is 1. The summed E-state index contributed by atoms with van der Waals surface area (Å²) in [4.78, 5) is 13.3. The van der Waals surface area contributed by atoms with Gasteiger partial charge in [-0.1, -0.05) is 36.4 Å². The van der Waals surface area contributed by atoms with Crippen molar-refractivity contribution in [2.24, 2.45) is 0 Å². The Morgan fingerprint density at radius 3 is 2.03 bits per heavy atom. The number of rotatable bonds is 3. The molecule has 0 bridgehead atoms. The lowest BCUT2D eigenvalue weighted by atomic mass is 9.92. The van der Waals surface area contributed by atoms with Gasteiger partial charge in [-0.15, -0.1) is 0 Å². The average molecular weight is 417 g/mol. The average Bonchev–Trinajstić information content (AvgIpc) is 2.74. The fourth-order valence-electron chi connectivity index (χ4n) is 4.06. The van der Waals surface area contributed by atoms with Gasteiger partial charge in [-0.25, -0.2) is 13.8 Å². The Balaban J connectivity index is 1.93. The zero-order valence-electron chi connectivity index (χ0n) is 18.1. The van der Waals surface area contributed by atoms with Crippen molar-refractivity contribution in [2.75, 3.05) is 0 Å². The molecule has 0 fully saturated rings. The van der Waals surface area contributed by atoms with Crippen molar-refractivity contribution in [3.05, 3.63) is 107 Å². The van der Waals surface area contributed by atoms with Crippen molar-refractivity contribution in [3.8, 4) is 0 Å². The minimum Gasteiger partial charge on any atom is -0.455 e. The first kappa shape index (κ1) is 21.0. The molecule has 0 N–H and O–H groups in total. The van der Waals surface area contributed by atoms with E-state index in [2.05, 4.69) is 28.8 Å². The Hall–Kier alpha value is -3.27. The fourth-order valence-corrected chi connectivity index (χ4v) is 4.06. The van der Waals surface area contributed by atoms with Crippen LogP contribution in [0.25, 0.3) is 0 Å². The molecule has 0 aromatic heterocycles. The smallest absolute Gasteiger partial charge is 0.376 e. The molecule has 1 aliphatic heterocycles. The van der Waals surface area contributed by atoms with Gasteiger partial charge in [0.05, 0.1) is 0 Å². The van der Waals surface area contributed by atoms with Crippen molar-refractivity contribution < 1.29 is 18.5 Å². The van der Waals surface area contributed by atoms with Crippen LogP contribution in [0.5, 0.6) is 0 Å². The van der Waals surface area contributed by atoms with Crippen molar-refractivity contribution >= 4 is 11.7 Å². The normalized spacial score (nSPS) is 15.9. The highest BCUT2D eigenvalue weighted by Gasteiger charge is 2.41. The number of halogens is 1. The van der Waals surface area contributed by atoms with Gasteiger partial charge >= 0.3 is 5.97 Å². The quantitative estimate of drug-likeness (QED) is 0.437. The van der Waals surface area contributed by atoms with Gasteiger partial charge < -0.3 is 4.74 Å². The third-order valence-corrected chi connectivity index (χ3v) is 5.36. The minimum absolute atomic E-state index is 0.287. The van der Waals surface area contributed by atoms with Crippen LogP contribution in [0.2, 0.25) is 0 Å². The van der Waals surface area contributed by atoms with Crippen LogP contribution in [0.15, 0.2) is 78.9 Å². The first-order valence-corrected chi connectivity index (χ1v) is 10.6. The molecule has 3 nitrogen and oxygen atoms in total. The summed E-state index contributed by atoms with van der Waals surface area (Å²) in [7, 11) is 0. The Labute approximate surface area is 182 Å². The van der Waals surface area contributed by atoms with Crippen LogP contribution in [-0.4, -0.2) is 27.9 Å². The van der Waals surface area contributed by atoms with E-state index in [1.807, 2.05) is 63.2 Å². The van der Waals surface area contributed by atoms with E-state index in [1.54, 1.807) is 0 Å². The third-order valence-electron chi connectivity index (χ3n) is 5.36. The Morgan fingerprint density at radius 2 is 1.48 bits per heavy atom. The molecule has 3 aromatic carbocycles. The second-order valence-corrected chi connectivity index (χ2v) is 8.87. The number of carbonyl (C=O) groups is 1. The summed E-state index contributed by atoms with van der Waals surface area (Å²) in [5.41, 5.74) is 4.27. The standard InChI is InChI=1S/C27H27FNO2/c1-27(2,3)31-26(30)24-17-22-16-23(28)15-14-21(22)18-29(24)25(19-10-6-4-7-11-19)20-12-8-5-9-13-20/h4-16,24H,17-18H2,1-3H3/q+1/t24-/m0/s1. The van der Waals surface area contributed by atoms with Gasteiger partial charge in [-0.3, -0.25) is 0 Å². The summed E-state index contributed by atoms with van der Waals surface area (Å²) >= 11 is 0. The molecule has 31 heavy (non-hydrogen) atoms. The van der Waals surface area contributed by atoms with Crippen molar-refractivity contribution in [2.45, 2.75) is 45.4 Å².